The topological polar surface area (TPSA) is 32.5 Å². The third-order valence-corrected chi connectivity index (χ3v) is 6.19. The van der Waals surface area contributed by atoms with Gasteiger partial charge in [-0.15, -0.1) is 0 Å². The van der Waals surface area contributed by atoms with Gasteiger partial charge in [0.25, 0.3) is 0 Å². The standard InChI is InChI=1S/C17H35N3/c1-14-6-8-15(9-7-14)16(12-18)20(4)13-17(19(2)3)10-5-11-17/h14-16H,5-13,18H2,1-4H3. The van der Waals surface area contributed by atoms with Gasteiger partial charge in [0.15, 0.2) is 0 Å². The molecule has 118 valence electrons. The molecule has 3 nitrogen and oxygen atoms in total. The van der Waals surface area contributed by atoms with Gasteiger partial charge in [0.1, 0.15) is 0 Å². The summed E-state index contributed by atoms with van der Waals surface area (Å²) in [4.78, 5) is 5.03. The fourth-order valence-electron chi connectivity index (χ4n) is 4.32. The molecule has 0 aromatic carbocycles. The summed E-state index contributed by atoms with van der Waals surface area (Å²) in [7, 11) is 6.79. The number of likely N-dealkylation sites (N-methyl/N-ethyl adjacent to an activating group) is 2. The van der Waals surface area contributed by atoms with Gasteiger partial charge in [-0.2, -0.15) is 0 Å². The first kappa shape index (κ1) is 16.3. The SMILES string of the molecule is CC1CCC(C(CN)N(C)CC2(N(C)C)CCC2)CC1. The zero-order chi connectivity index (χ0) is 14.8. The van der Waals surface area contributed by atoms with Gasteiger partial charge in [-0.25, -0.2) is 0 Å². The zero-order valence-corrected chi connectivity index (χ0v) is 14.1. The summed E-state index contributed by atoms with van der Waals surface area (Å²) in [6.07, 6.45) is 9.64. The van der Waals surface area contributed by atoms with Crippen molar-refractivity contribution in [2.45, 2.75) is 63.5 Å². The fourth-order valence-corrected chi connectivity index (χ4v) is 4.32. The van der Waals surface area contributed by atoms with Gasteiger partial charge >= 0.3 is 0 Å². The van der Waals surface area contributed by atoms with Crippen molar-refractivity contribution in [3.05, 3.63) is 0 Å². The van der Waals surface area contributed by atoms with Crippen molar-refractivity contribution in [2.24, 2.45) is 17.6 Å². The highest BCUT2D eigenvalue weighted by atomic mass is 15.2. The molecular weight excluding hydrogens is 246 g/mol. The van der Waals surface area contributed by atoms with Crippen molar-refractivity contribution < 1.29 is 0 Å². The third kappa shape index (κ3) is 3.37. The first-order valence-electron chi connectivity index (χ1n) is 8.56. The molecule has 3 heteroatoms. The molecule has 1 atom stereocenters. The monoisotopic (exact) mass is 281 g/mol. The number of nitrogens with zero attached hydrogens (tertiary/aromatic N) is 2. The molecule has 0 amide bonds. The molecule has 1 unspecified atom stereocenters. The highest BCUT2D eigenvalue weighted by molar-refractivity contribution is 4.99. The van der Waals surface area contributed by atoms with Crippen LogP contribution in [0.25, 0.3) is 0 Å². The lowest BCUT2D eigenvalue weighted by molar-refractivity contribution is 0.00457. The number of rotatable bonds is 6. The number of nitrogens with two attached hydrogens (primary N) is 1. The largest absolute Gasteiger partial charge is 0.329 e. The van der Waals surface area contributed by atoms with Crippen molar-refractivity contribution in [1.29, 1.82) is 0 Å². The molecular formula is C17H35N3. The van der Waals surface area contributed by atoms with E-state index in [9.17, 15) is 0 Å². The Hall–Kier alpha value is -0.120. The Labute approximate surface area is 125 Å². The Balaban J connectivity index is 1.93. The van der Waals surface area contributed by atoms with Gasteiger partial charge in [-0.05, 0) is 65.1 Å². The Bertz CT molecular complexity index is 291. The van der Waals surface area contributed by atoms with E-state index in [4.69, 9.17) is 5.73 Å². The number of hydrogen-bond acceptors (Lipinski definition) is 3. The Kier molecular flexibility index (Phi) is 5.49. The zero-order valence-electron chi connectivity index (χ0n) is 14.1. The second kappa shape index (κ2) is 6.76. The Morgan fingerprint density at radius 2 is 1.70 bits per heavy atom. The molecule has 2 aliphatic carbocycles. The normalized spacial score (nSPS) is 31.4. The van der Waals surface area contributed by atoms with Crippen LogP contribution in [0.5, 0.6) is 0 Å². The minimum Gasteiger partial charge on any atom is -0.329 e. The van der Waals surface area contributed by atoms with Crippen LogP contribution in [0.3, 0.4) is 0 Å². The lowest BCUT2D eigenvalue weighted by atomic mass is 9.74. The van der Waals surface area contributed by atoms with E-state index >= 15 is 0 Å². The van der Waals surface area contributed by atoms with Gasteiger partial charge in [0, 0.05) is 24.7 Å². The van der Waals surface area contributed by atoms with Crippen LogP contribution < -0.4 is 5.73 Å². The first-order chi connectivity index (χ1) is 9.48. The molecule has 0 aliphatic heterocycles. The molecule has 0 saturated heterocycles. The van der Waals surface area contributed by atoms with E-state index < -0.39 is 0 Å². The van der Waals surface area contributed by atoms with Crippen molar-refractivity contribution in [2.75, 3.05) is 34.2 Å². The molecule has 0 aromatic rings. The van der Waals surface area contributed by atoms with Gasteiger partial charge in [0.05, 0.1) is 0 Å². The van der Waals surface area contributed by atoms with E-state index in [1.165, 1.54) is 51.5 Å². The van der Waals surface area contributed by atoms with E-state index in [0.717, 1.165) is 18.4 Å². The van der Waals surface area contributed by atoms with Crippen molar-refractivity contribution in [1.82, 2.24) is 9.80 Å². The van der Waals surface area contributed by atoms with Crippen LogP contribution in [0.2, 0.25) is 0 Å². The molecule has 0 heterocycles. The molecule has 2 fully saturated rings. The van der Waals surface area contributed by atoms with Crippen molar-refractivity contribution >= 4 is 0 Å². The summed E-state index contributed by atoms with van der Waals surface area (Å²) in [5, 5.41) is 0. The van der Waals surface area contributed by atoms with E-state index in [1.807, 2.05) is 0 Å². The Morgan fingerprint density at radius 1 is 1.10 bits per heavy atom. The number of hydrogen-bond donors (Lipinski definition) is 1. The predicted octanol–water partition coefficient (Wildman–Crippen LogP) is 2.56. The minimum atomic E-state index is 0.421. The van der Waals surface area contributed by atoms with Gasteiger partial charge < -0.3 is 15.5 Å². The van der Waals surface area contributed by atoms with Gasteiger partial charge in [-0.1, -0.05) is 19.8 Å². The second-order valence-corrected chi connectivity index (χ2v) is 7.71. The van der Waals surface area contributed by atoms with Crippen LogP contribution in [0.15, 0.2) is 0 Å². The first-order valence-corrected chi connectivity index (χ1v) is 8.56. The van der Waals surface area contributed by atoms with Crippen LogP contribution in [0.1, 0.15) is 51.9 Å². The fraction of sp³-hybridized carbons (Fsp3) is 1.00. The second-order valence-electron chi connectivity index (χ2n) is 7.71. The maximum Gasteiger partial charge on any atom is 0.0330 e. The molecule has 2 rings (SSSR count). The molecule has 2 saturated carbocycles. The molecule has 0 bridgehead atoms. The highest BCUT2D eigenvalue weighted by Crippen LogP contribution is 2.38. The summed E-state index contributed by atoms with van der Waals surface area (Å²) in [6, 6.07) is 0.583. The van der Waals surface area contributed by atoms with Crippen molar-refractivity contribution in [3.63, 3.8) is 0 Å². The lowest BCUT2D eigenvalue weighted by Crippen LogP contribution is -2.59. The molecule has 20 heavy (non-hydrogen) atoms. The van der Waals surface area contributed by atoms with Crippen LogP contribution in [0.4, 0.5) is 0 Å². The van der Waals surface area contributed by atoms with E-state index in [2.05, 4.69) is 37.9 Å². The van der Waals surface area contributed by atoms with Crippen LogP contribution >= 0.6 is 0 Å². The van der Waals surface area contributed by atoms with Gasteiger partial charge in [0.2, 0.25) is 0 Å². The van der Waals surface area contributed by atoms with Crippen LogP contribution in [0, 0.1) is 11.8 Å². The van der Waals surface area contributed by atoms with E-state index in [0.29, 0.717) is 11.6 Å². The summed E-state index contributed by atoms with van der Waals surface area (Å²) >= 11 is 0. The van der Waals surface area contributed by atoms with E-state index in [-0.39, 0.29) is 0 Å². The van der Waals surface area contributed by atoms with Gasteiger partial charge in [-0.3, -0.25) is 0 Å². The quantitative estimate of drug-likeness (QED) is 0.812. The maximum atomic E-state index is 6.14. The molecule has 2 N–H and O–H groups in total. The average molecular weight is 281 g/mol. The molecule has 0 radical (unpaired) electrons. The molecule has 0 aromatic heterocycles. The lowest BCUT2D eigenvalue weighted by Gasteiger charge is -2.51. The average Bonchev–Trinajstić information content (AvgIpc) is 2.36. The molecule has 0 spiro atoms. The predicted molar refractivity (Wildman–Crippen MR) is 86.9 cm³/mol. The molecule has 2 aliphatic rings. The summed E-state index contributed by atoms with van der Waals surface area (Å²) < 4.78 is 0. The summed E-state index contributed by atoms with van der Waals surface area (Å²) in [5.41, 5.74) is 6.56. The van der Waals surface area contributed by atoms with Crippen molar-refractivity contribution in [3.8, 4) is 0 Å². The third-order valence-electron chi connectivity index (χ3n) is 6.19. The summed E-state index contributed by atoms with van der Waals surface area (Å²) in [5.74, 6) is 1.75. The van der Waals surface area contributed by atoms with Crippen LogP contribution in [-0.2, 0) is 0 Å². The van der Waals surface area contributed by atoms with Crippen LogP contribution in [-0.4, -0.2) is 55.6 Å². The Morgan fingerprint density at radius 3 is 2.10 bits per heavy atom. The van der Waals surface area contributed by atoms with E-state index in [1.54, 1.807) is 0 Å². The smallest absolute Gasteiger partial charge is 0.0330 e. The highest BCUT2D eigenvalue weighted by Gasteiger charge is 2.41. The minimum absolute atomic E-state index is 0.421. The maximum absolute atomic E-state index is 6.14. The summed E-state index contributed by atoms with van der Waals surface area (Å²) in [6.45, 7) is 4.40.